The van der Waals surface area contributed by atoms with Crippen LogP contribution in [0.1, 0.15) is 61.0 Å². The van der Waals surface area contributed by atoms with Crippen molar-refractivity contribution in [3.05, 3.63) is 82.1 Å². The largest absolute Gasteiger partial charge is 0.418 e. The van der Waals surface area contributed by atoms with Crippen molar-refractivity contribution >= 4 is 5.52 Å². The van der Waals surface area contributed by atoms with Crippen LogP contribution in [0.2, 0.25) is 0 Å². The Labute approximate surface area is 229 Å². The molecule has 1 aliphatic carbocycles. The molecule has 2 atom stereocenters. The van der Waals surface area contributed by atoms with Gasteiger partial charge < -0.3 is 9.67 Å². The summed E-state index contributed by atoms with van der Waals surface area (Å²) in [5.41, 5.74) is 0.253. The number of imidazole rings is 1. The van der Waals surface area contributed by atoms with Gasteiger partial charge in [-0.15, -0.1) is 10.2 Å². The van der Waals surface area contributed by atoms with E-state index in [-0.39, 0.29) is 23.5 Å². The Morgan fingerprint density at radius 3 is 2.65 bits per heavy atom. The van der Waals surface area contributed by atoms with Gasteiger partial charge in [0.05, 0.1) is 22.9 Å². The van der Waals surface area contributed by atoms with E-state index in [0.717, 1.165) is 41.7 Å². The van der Waals surface area contributed by atoms with E-state index in [0.29, 0.717) is 36.6 Å². The number of rotatable bonds is 6. The summed E-state index contributed by atoms with van der Waals surface area (Å²) in [5.74, 6) is 1.19. The number of alkyl halides is 3. The number of aliphatic hydroxyl groups is 1. The maximum Gasteiger partial charge on any atom is 0.418 e. The molecule has 1 N–H and O–H groups in total. The van der Waals surface area contributed by atoms with Crippen molar-refractivity contribution in [1.29, 1.82) is 0 Å². The van der Waals surface area contributed by atoms with Crippen LogP contribution >= 0.6 is 0 Å². The van der Waals surface area contributed by atoms with E-state index in [1.165, 1.54) is 16.8 Å². The summed E-state index contributed by atoms with van der Waals surface area (Å²) in [5, 5.41) is 18.3. The Kier molecular flexibility index (Phi) is 6.82. The Morgan fingerprint density at radius 2 is 1.98 bits per heavy atom. The van der Waals surface area contributed by atoms with Gasteiger partial charge in [0.2, 0.25) is 0 Å². The molecule has 4 heterocycles. The molecule has 8 nitrogen and oxygen atoms in total. The van der Waals surface area contributed by atoms with Crippen LogP contribution in [0.5, 0.6) is 0 Å². The first-order valence-electron chi connectivity index (χ1n) is 13.8. The van der Waals surface area contributed by atoms with Gasteiger partial charge in [0.15, 0.2) is 0 Å². The third-order valence-corrected chi connectivity index (χ3v) is 8.43. The minimum absolute atomic E-state index is 0.134. The zero-order valence-electron chi connectivity index (χ0n) is 22.6. The minimum atomic E-state index is -4.61. The van der Waals surface area contributed by atoms with Gasteiger partial charge in [-0.3, -0.25) is 13.9 Å². The number of halogens is 3. The number of piperidine rings is 1. The van der Waals surface area contributed by atoms with Crippen LogP contribution in [0.15, 0.2) is 53.8 Å². The molecule has 0 bridgehead atoms. The lowest BCUT2D eigenvalue weighted by atomic mass is 9.71. The second-order valence-electron chi connectivity index (χ2n) is 11.5. The highest BCUT2D eigenvalue weighted by atomic mass is 19.4. The molecule has 3 aromatic heterocycles. The highest BCUT2D eigenvalue weighted by Gasteiger charge is 2.38. The first-order valence-corrected chi connectivity index (χ1v) is 13.8. The van der Waals surface area contributed by atoms with Crippen LogP contribution in [0.3, 0.4) is 0 Å². The van der Waals surface area contributed by atoms with Gasteiger partial charge in [0.25, 0.3) is 0 Å². The highest BCUT2D eigenvalue weighted by molar-refractivity contribution is 5.58. The molecule has 0 spiro atoms. The Hall–Kier alpha value is -3.44. The molecule has 1 aromatic carbocycles. The second-order valence-corrected chi connectivity index (χ2v) is 11.5. The van der Waals surface area contributed by atoms with E-state index in [4.69, 9.17) is 0 Å². The molecular weight excluding hydrogens is 521 g/mol. The summed E-state index contributed by atoms with van der Waals surface area (Å²) in [6.45, 7) is 4.17. The number of benzene rings is 1. The third kappa shape index (κ3) is 4.96. The van der Waals surface area contributed by atoms with Gasteiger partial charge in [0.1, 0.15) is 12.2 Å². The Balaban J connectivity index is 1.42. The topological polar surface area (TPSA) is 80.6 Å². The monoisotopic (exact) mass is 554 g/mol. The predicted octanol–water partition coefficient (Wildman–Crippen LogP) is 4.37. The van der Waals surface area contributed by atoms with E-state index in [1.54, 1.807) is 24.7 Å². The van der Waals surface area contributed by atoms with Crippen LogP contribution in [-0.4, -0.2) is 52.9 Å². The van der Waals surface area contributed by atoms with Crippen molar-refractivity contribution in [2.75, 3.05) is 13.1 Å². The van der Waals surface area contributed by atoms with Crippen LogP contribution in [0, 0.1) is 11.8 Å². The number of hydrogen-bond acceptors (Lipinski definition) is 5. The summed E-state index contributed by atoms with van der Waals surface area (Å²) in [7, 11) is 1.85. The standard InChI is InChI=1S/C29H33F3N6O2/c1-18-5-4-8-36(13-18)14-19-9-24(29(30,31)32)25-16-37(28(40)38(25)15-19)22-7-3-6-20(10-22)26(21-11-23(39)12-21)27-34-33-17-35(27)2/h3,6-7,9-10,15-18,21,23,26,39H,4-5,8,11-14H2,1-2H3/t18-,21-,23-,26+/m0/s1. The molecule has 0 amide bonds. The van der Waals surface area contributed by atoms with E-state index in [2.05, 4.69) is 22.0 Å². The lowest BCUT2D eigenvalue weighted by molar-refractivity contribution is -0.136. The smallest absolute Gasteiger partial charge is 0.393 e. The summed E-state index contributed by atoms with van der Waals surface area (Å²) >= 11 is 0. The maximum atomic E-state index is 14.2. The maximum absolute atomic E-state index is 14.2. The molecule has 1 aliphatic heterocycles. The molecular formula is C29H33F3N6O2. The summed E-state index contributed by atoms with van der Waals surface area (Å²) < 4.78 is 47.0. The second kappa shape index (κ2) is 10.2. The fourth-order valence-corrected chi connectivity index (χ4v) is 6.41. The van der Waals surface area contributed by atoms with E-state index >= 15 is 0 Å². The molecule has 6 rings (SSSR count). The molecule has 2 fully saturated rings. The first kappa shape index (κ1) is 26.8. The van der Waals surface area contributed by atoms with Crippen LogP contribution in [0.25, 0.3) is 11.2 Å². The fourth-order valence-electron chi connectivity index (χ4n) is 6.41. The molecule has 4 aromatic rings. The summed E-state index contributed by atoms with van der Waals surface area (Å²) in [6, 6.07) is 8.45. The van der Waals surface area contributed by atoms with Crippen molar-refractivity contribution in [3.63, 3.8) is 0 Å². The van der Waals surface area contributed by atoms with Crippen molar-refractivity contribution in [3.8, 4) is 5.69 Å². The fraction of sp³-hybridized carbons (Fsp3) is 0.483. The number of aromatic nitrogens is 5. The molecule has 2 aliphatic rings. The molecule has 11 heteroatoms. The van der Waals surface area contributed by atoms with Gasteiger partial charge in [-0.1, -0.05) is 19.1 Å². The lowest BCUT2D eigenvalue weighted by Gasteiger charge is -2.37. The van der Waals surface area contributed by atoms with Crippen LogP contribution < -0.4 is 5.69 Å². The number of aliphatic hydroxyl groups excluding tert-OH is 1. The predicted molar refractivity (Wildman–Crippen MR) is 143 cm³/mol. The first-order chi connectivity index (χ1) is 19.1. The van der Waals surface area contributed by atoms with Gasteiger partial charge in [0, 0.05) is 38.4 Å². The number of aryl methyl sites for hydroxylation is 1. The van der Waals surface area contributed by atoms with Gasteiger partial charge in [-0.05, 0) is 73.4 Å². The van der Waals surface area contributed by atoms with Gasteiger partial charge in [-0.25, -0.2) is 4.79 Å². The molecule has 1 saturated heterocycles. The molecule has 1 saturated carbocycles. The van der Waals surface area contributed by atoms with E-state index in [1.807, 2.05) is 23.7 Å². The number of nitrogens with zero attached hydrogens (tertiary/aromatic N) is 6. The molecule has 40 heavy (non-hydrogen) atoms. The van der Waals surface area contributed by atoms with Crippen molar-refractivity contribution < 1.29 is 18.3 Å². The zero-order valence-corrected chi connectivity index (χ0v) is 22.6. The van der Waals surface area contributed by atoms with Crippen LogP contribution in [0.4, 0.5) is 13.2 Å². The third-order valence-electron chi connectivity index (χ3n) is 8.43. The van der Waals surface area contributed by atoms with Crippen LogP contribution in [-0.2, 0) is 19.8 Å². The SMILES string of the molecule is C[C@H]1CCCN(Cc2cc(C(F)(F)F)c3cn(-c4cccc([C@@H](c5nncn5C)[C@H]5C[C@H](O)C5)c4)c(=O)n3c2)C1. The molecule has 0 radical (unpaired) electrons. The Morgan fingerprint density at radius 1 is 1.18 bits per heavy atom. The Bertz CT molecular complexity index is 1580. The number of hydrogen-bond donors (Lipinski definition) is 1. The van der Waals surface area contributed by atoms with Crippen molar-refractivity contribution in [2.24, 2.45) is 18.9 Å². The normalized spacial score (nSPS) is 22.9. The number of pyridine rings is 1. The van der Waals surface area contributed by atoms with Crippen molar-refractivity contribution in [1.82, 2.24) is 28.6 Å². The average Bonchev–Trinajstić information content (AvgIpc) is 3.45. The summed E-state index contributed by atoms with van der Waals surface area (Å²) in [6.07, 6.45) is 2.82. The number of likely N-dealkylation sites (tertiary alicyclic amines) is 1. The van der Waals surface area contributed by atoms with Crippen molar-refractivity contribution in [2.45, 2.75) is 57.3 Å². The quantitative estimate of drug-likeness (QED) is 0.383. The molecule has 212 valence electrons. The minimum Gasteiger partial charge on any atom is -0.393 e. The summed E-state index contributed by atoms with van der Waals surface area (Å²) in [4.78, 5) is 15.8. The molecule has 0 unspecified atom stereocenters. The average molecular weight is 555 g/mol. The zero-order chi connectivity index (χ0) is 28.2. The van der Waals surface area contributed by atoms with E-state index < -0.39 is 17.4 Å². The highest BCUT2D eigenvalue weighted by Crippen LogP contribution is 2.43. The van der Waals surface area contributed by atoms with E-state index in [9.17, 15) is 23.1 Å². The number of fused-ring (bicyclic) bond motifs is 1. The van der Waals surface area contributed by atoms with Gasteiger partial charge in [-0.2, -0.15) is 13.2 Å². The van der Waals surface area contributed by atoms with Gasteiger partial charge >= 0.3 is 11.9 Å². The lowest BCUT2D eigenvalue weighted by Crippen LogP contribution is -2.34.